The minimum absolute atomic E-state index is 0.215. The van der Waals surface area contributed by atoms with Crippen molar-refractivity contribution >= 4 is 0 Å². The van der Waals surface area contributed by atoms with Gasteiger partial charge in [-0.2, -0.15) is 0 Å². The van der Waals surface area contributed by atoms with Gasteiger partial charge in [0, 0.05) is 71.5 Å². The summed E-state index contributed by atoms with van der Waals surface area (Å²) in [4.78, 5) is 10.8. The molecule has 8 fully saturated rings. The van der Waals surface area contributed by atoms with Gasteiger partial charge in [-0.1, -0.05) is 13.3 Å². The molecule has 1 N–H and O–H groups in total. The Balaban J connectivity index is 0.000000121. The van der Waals surface area contributed by atoms with Crippen molar-refractivity contribution in [2.75, 3.05) is 0 Å². The molecule has 0 aliphatic carbocycles. The van der Waals surface area contributed by atoms with Crippen molar-refractivity contribution in [3.8, 4) is 0 Å². The highest BCUT2D eigenvalue weighted by Crippen LogP contribution is 2.48. The molecule has 5 nitrogen and oxygen atoms in total. The Hall–Kier alpha value is -0.200. The molecule has 8 saturated heterocycles. The molecule has 0 spiro atoms. The number of rotatable bonds is 2. The first kappa shape index (κ1) is 37.1. The zero-order valence-electron chi connectivity index (χ0n) is 32.7. The molecule has 0 aromatic heterocycles. The minimum atomic E-state index is -0.434. The third-order valence-electron chi connectivity index (χ3n) is 13.7. The van der Waals surface area contributed by atoms with Gasteiger partial charge >= 0.3 is 0 Å². The van der Waals surface area contributed by atoms with E-state index in [9.17, 15) is 5.11 Å². The van der Waals surface area contributed by atoms with Crippen LogP contribution in [0.1, 0.15) is 179 Å². The van der Waals surface area contributed by atoms with E-state index in [1.54, 1.807) is 0 Å². The lowest BCUT2D eigenvalue weighted by atomic mass is 9.86. The Labute approximate surface area is 286 Å². The van der Waals surface area contributed by atoms with E-state index < -0.39 is 5.60 Å². The van der Waals surface area contributed by atoms with E-state index in [1.165, 1.54) is 89.9 Å². The minimum Gasteiger partial charge on any atom is -0.388 e. The van der Waals surface area contributed by atoms with Crippen molar-refractivity contribution in [1.82, 2.24) is 19.6 Å². The van der Waals surface area contributed by atoms with Gasteiger partial charge in [0.1, 0.15) is 0 Å². The second-order valence-electron chi connectivity index (χ2n) is 19.8. The summed E-state index contributed by atoms with van der Waals surface area (Å²) in [5, 5.41) is 10.2. The van der Waals surface area contributed by atoms with Gasteiger partial charge in [0.25, 0.3) is 0 Å². The fourth-order valence-electron chi connectivity index (χ4n) is 12.5. The van der Waals surface area contributed by atoms with Crippen molar-refractivity contribution in [2.45, 2.75) is 256 Å². The molecule has 8 unspecified atom stereocenters. The van der Waals surface area contributed by atoms with Crippen molar-refractivity contribution < 1.29 is 5.11 Å². The maximum Gasteiger partial charge on any atom is 0.0789 e. The highest BCUT2D eigenvalue weighted by Gasteiger charge is 2.55. The second-order valence-corrected chi connectivity index (χ2v) is 19.8. The molecule has 0 amide bonds. The lowest BCUT2D eigenvalue weighted by molar-refractivity contribution is 0.00218. The molecule has 8 atom stereocenters. The molecule has 5 heteroatoms. The average molecular weight is 643 g/mol. The topological polar surface area (TPSA) is 33.2 Å². The molecule has 0 saturated carbocycles. The van der Waals surface area contributed by atoms with E-state index in [2.05, 4.69) is 95.8 Å². The van der Waals surface area contributed by atoms with Crippen LogP contribution >= 0.6 is 0 Å². The average Bonchev–Trinajstić information content (AvgIpc) is 3.79. The van der Waals surface area contributed by atoms with Gasteiger partial charge in [0.05, 0.1) is 5.60 Å². The van der Waals surface area contributed by atoms with E-state index in [-0.39, 0.29) is 5.54 Å². The van der Waals surface area contributed by atoms with Gasteiger partial charge in [-0.05, 0) is 172 Å². The fraction of sp³-hybridized carbons (Fsp3) is 1.00. The molecule has 8 aliphatic heterocycles. The molecule has 46 heavy (non-hydrogen) atoms. The summed E-state index contributed by atoms with van der Waals surface area (Å²) in [5.74, 6) is 0.947. The van der Waals surface area contributed by atoms with Crippen LogP contribution in [-0.2, 0) is 0 Å². The van der Waals surface area contributed by atoms with E-state index in [0.717, 1.165) is 60.7 Å². The summed E-state index contributed by atoms with van der Waals surface area (Å²) in [6.07, 6.45) is 21.0. The lowest BCUT2D eigenvalue weighted by Crippen LogP contribution is -2.48. The normalized spacial score (nSPS) is 41.9. The van der Waals surface area contributed by atoms with Gasteiger partial charge in [0.2, 0.25) is 0 Å². The number of piperidine rings is 1. The Bertz CT molecular complexity index is 944. The summed E-state index contributed by atoms with van der Waals surface area (Å²) >= 11 is 0. The van der Waals surface area contributed by atoms with Crippen LogP contribution in [0.3, 0.4) is 0 Å². The van der Waals surface area contributed by atoms with Gasteiger partial charge in [-0.15, -0.1) is 0 Å². The summed E-state index contributed by atoms with van der Waals surface area (Å²) in [6, 6.07) is 8.24. The van der Waals surface area contributed by atoms with Crippen LogP contribution in [0, 0.1) is 5.92 Å². The first-order valence-electron chi connectivity index (χ1n) is 20.2. The van der Waals surface area contributed by atoms with Crippen LogP contribution in [0.15, 0.2) is 0 Å². The standard InChI is InChI=1S/C11H21NO.C11H21N.C10H19N.C9H17N/c1-10(2,3)12-8-5-6-9(12)11(4,13)7-8;1-8-7-9-5-6-10(8)12(9)11(2,3)4;1-8(2)11-9-4-3-5-10(11)7-6-9;1-7(2)10-8-3-4-9(10)6-5-8/h8-9,13H,5-7H2,1-4H3;8-10H,5-7H2,1-4H3;8-10H,3-7H2,1-2H3;7-9H,3-6H2,1-2H3. The monoisotopic (exact) mass is 643 g/mol. The smallest absolute Gasteiger partial charge is 0.0789 e. The Morgan fingerprint density at radius 2 is 0.978 bits per heavy atom. The highest BCUT2D eigenvalue weighted by molar-refractivity contribution is 5.10. The van der Waals surface area contributed by atoms with Crippen LogP contribution in [0.25, 0.3) is 0 Å². The second kappa shape index (κ2) is 14.2. The van der Waals surface area contributed by atoms with Crippen molar-refractivity contribution in [3.05, 3.63) is 0 Å². The summed E-state index contributed by atoms with van der Waals surface area (Å²) < 4.78 is 0. The molecule has 0 radical (unpaired) electrons. The van der Waals surface area contributed by atoms with E-state index in [0.29, 0.717) is 17.6 Å². The van der Waals surface area contributed by atoms with Crippen LogP contribution in [0.4, 0.5) is 0 Å². The molecule has 8 aliphatic rings. The first-order valence-corrected chi connectivity index (χ1v) is 20.2. The SMILES string of the molecule is CC(C)N1C2CCC1CC2.CC(C)N1C2CCCC1CC2.CC1(O)CC2CCC1N2C(C)(C)C.CC1CC2CCC1N2C(C)(C)C. The quantitative estimate of drug-likeness (QED) is 0.325. The largest absolute Gasteiger partial charge is 0.388 e. The van der Waals surface area contributed by atoms with Crippen LogP contribution in [0.2, 0.25) is 0 Å². The fourth-order valence-corrected chi connectivity index (χ4v) is 12.5. The van der Waals surface area contributed by atoms with Crippen molar-refractivity contribution in [2.24, 2.45) is 5.92 Å². The van der Waals surface area contributed by atoms with Gasteiger partial charge in [-0.25, -0.2) is 0 Å². The summed E-state index contributed by atoms with van der Waals surface area (Å²) in [5.41, 5.74) is 0.180. The molecule has 8 bridgehead atoms. The third kappa shape index (κ3) is 7.74. The number of nitrogens with zero attached hydrogens (tertiary/aromatic N) is 4. The number of hydrogen-bond donors (Lipinski definition) is 1. The lowest BCUT2D eigenvalue weighted by Gasteiger charge is -2.37. The van der Waals surface area contributed by atoms with E-state index in [1.807, 2.05) is 6.92 Å². The third-order valence-corrected chi connectivity index (χ3v) is 13.7. The molecule has 268 valence electrons. The van der Waals surface area contributed by atoms with Crippen LogP contribution in [-0.4, -0.2) is 102 Å². The Morgan fingerprint density at radius 1 is 0.565 bits per heavy atom. The highest BCUT2D eigenvalue weighted by atomic mass is 16.3. The molecule has 8 rings (SSSR count). The van der Waals surface area contributed by atoms with Crippen LogP contribution in [0.5, 0.6) is 0 Å². The Morgan fingerprint density at radius 3 is 1.22 bits per heavy atom. The van der Waals surface area contributed by atoms with Crippen molar-refractivity contribution in [3.63, 3.8) is 0 Å². The zero-order valence-corrected chi connectivity index (χ0v) is 32.7. The van der Waals surface area contributed by atoms with Gasteiger partial charge in [-0.3, -0.25) is 19.6 Å². The number of aliphatic hydroxyl groups is 1. The maximum atomic E-state index is 10.2. The van der Waals surface area contributed by atoms with E-state index in [4.69, 9.17) is 0 Å². The predicted molar refractivity (Wildman–Crippen MR) is 196 cm³/mol. The molecule has 8 heterocycles. The predicted octanol–water partition coefficient (Wildman–Crippen LogP) is 8.86. The molecule has 0 aromatic carbocycles. The molecule has 0 aromatic rings. The molecular formula is C41H78N4O. The maximum absolute atomic E-state index is 10.2. The summed E-state index contributed by atoms with van der Waals surface area (Å²) in [7, 11) is 0. The summed E-state index contributed by atoms with van der Waals surface area (Å²) in [6.45, 7) is 27.6. The molecular weight excluding hydrogens is 564 g/mol. The first-order chi connectivity index (χ1) is 21.4. The number of hydrogen-bond acceptors (Lipinski definition) is 5. The van der Waals surface area contributed by atoms with E-state index >= 15 is 0 Å². The number of fused-ring (bicyclic) bond motifs is 8. The zero-order chi connectivity index (χ0) is 33.8. The van der Waals surface area contributed by atoms with Crippen LogP contribution < -0.4 is 0 Å². The van der Waals surface area contributed by atoms with Gasteiger partial charge < -0.3 is 5.11 Å². The van der Waals surface area contributed by atoms with Gasteiger partial charge in [0.15, 0.2) is 0 Å². The van der Waals surface area contributed by atoms with Crippen molar-refractivity contribution in [1.29, 1.82) is 0 Å². The Kier molecular flexibility index (Phi) is 11.4.